The Kier molecular flexibility index (Phi) is 6.26. The van der Waals surface area contributed by atoms with Crippen molar-refractivity contribution in [3.05, 3.63) is 83.2 Å². The molecule has 3 aromatic rings. The summed E-state index contributed by atoms with van der Waals surface area (Å²) in [5.41, 5.74) is 5.08. The number of hydrogen-bond donors (Lipinski definition) is 1. The zero-order chi connectivity index (χ0) is 20.1. The molecule has 0 aliphatic carbocycles. The molecule has 5 heteroatoms. The fraction of sp³-hybridized carbons (Fsp3) is 0.304. The molecular weight excluding hydrogens is 348 g/mol. The monoisotopic (exact) mass is 376 g/mol. The summed E-state index contributed by atoms with van der Waals surface area (Å²) >= 11 is 0. The molecular formula is C23H28N4O. The maximum Gasteiger partial charge on any atom is 0.224 e. The predicted molar refractivity (Wildman–Crippen MR) is 113 cm³/mol. The van der Waals surface area contributed by atoms with Crippen molar-refractivity contribution < 1.29 is 4.79 Å². The maximum atomic E-state index is 12.7. The Labute approximate surface area is 167 Å². The summed E-state index contributed by atoms with van der Waals surface area (Å²) in [4.78, 5) is 14.8. The molecule has 1 amide bonds. The second-order valence-corrected chi connectivity index (χ2v) is 7.27. The first kappa shape index (κ1) is 19.8. The number of para-hydroxylation sites is 1. The second-order valence-electron chi connectivity index (χ2n) is 7.27. The van der Waals surface area contributed by atoms with Gasteiger partial charge in [0.2, 0.25) is 5.91 Å². The van der Waals surface area contributed by atoms with Crippen LogP contribution in [0.5, 0.6) is 0 Å². The molecule has 0 fully saturated rings. The van der Waals surface area contributed by atoms with Gasteiger partial charge >= 0.3 is 0 Å². The average molecular weight is 377 g/mol. The van der Waals surface area contributed by atoms with E-state index in [1.165, 1.54) is 5.56 Å². The van der Waals surface area contributed by atoms with Crippen LogP contribution in [-0.4, -0.2) is 41.2 Å². The first-order valence-electron chi connectivity index (χ1n) is 9.56. The molecule has 0 radical (unpaired) electrons. The van der Waals surface area contributed by atoms with Crippen LogP contribution >= 0.6 is 0 Å². The quantitative estimate of drug-likeness (QED) is 0.687. The Hall–Kier alpha value is -2.92. The summed E-state index contributed by atoms with van der Waals surface area (Å²) in [6.07, 6.45) is 0.333. The smallest absolute Gasteiger partial charge is 0.224 e. The van der Waals surface area contributed by atoms with Crippen molar-refractivity contribution in [1.29, 1.82) is 0 Å². The zero-order valence-corrected chi connectivity index (χ0v) is 17.0. The van der Waals surface area contributed by atoms with Crippen LogP contribution in [-0.2, 0) is 11.2 Å². The van der Waals surface area contributed by atoms with Gasteiger partial charge in [0, 0.05) is 17.8 Å². The lowest BCUT2D eigenvalue weighted by atomic mass is 10.1. The van der Waals surface area contributed by atoms with Crippen molar-refractivity contribution in [1.82, 2.24) is 20.0 Å². The summed E-state index contributed by atoms with van der Waals surface area (Å²) in [5.74, 6) is 0.0154. The third-order valence-electron chi connectivity index (χ3n) is 5.08. The summed E-state index contributed by atoms with van der Waals surface area (Å²) in [6.45, 7) is 4.55. The van der Waals surface area contributed by atoms with E-state index in [1.807, 2.05) is 81.2 Å². The van der Waals surface area contributed by atoms with Crippen LogP contribution in [0.1, 0.15) is 28.6 Å². The van der Waals surface area contributed by atoms with Gasteiger partial charge in [0.05, 0.1) is 23.8 Å². The minimum Gasteiger partial charge on any atom is -0.354 e. The lowest BCUT2D eigenvalue weighted by molar-refractivity contribution is -0.120. The number of amides is 1. The van der Waals surface area contributed by atoms with Gasteiger partial charge in [-0.3, -0.25) is 4.79 Å². The van der Waals surface area contributed by atoms with Gasteiger partial charge in [0.25, 0.3) is 0 Å². The standard InChI is InChI=1S/C23H28N4O/c1-17-21(18(2)27(25-17)20-13-9-6-10-14-20)15-23(28)24-16-22(26(3)4)19-11-7-5-8-12-19/h5-14,22H,15-16H2,1-4H3,(H,24,28). The third-order valence-corrected chi connectivity index (χ3v) is 5.08. The van der Waals surface area contributed by atoms with Crippen molar-refractivity contribution in [3.63, 3.8) is 0 Å². The minimum absolute atomic E-state index is 0.0154. The number of carbonyl (C=O) groups is 1. The highest BCUT2D eigenvalue weighted by molar-refractivity contribution is 5.79. The first-order chi connectivity index (χ1) is 13.5. The molecule has 1 aromatic heterocycles. The number of likely N-dealkylation sites (N-methyl/N-ethyl adjacent to an activating group) is 1. The van der Waals surface area contributed by atoms with Crippen molar-refractivity contribution in [2.45, 2.75) is 26.3 Å². The molecule has 1 heterocycles. The summed E-state index contributed by atoms with van der Waals surface area (Å²) in [7, 11) is 4.06. The largest absolute Gasteiger partial charge is 0.354 e. The molecule has 0 saturated carbocycles. The van der Waals surface area contributed by atoms with Crippen molar-refractivity contribution in [2.75, 3.05) is 20.6 Å². The summed E-state index contributed by atoms with van der Waals surface area (Å²) < 4.78 is 1.91. The molecule has 3 rings (SSSR count). The van der Waals surface area contributed by atoms with Crippen LogP contribution in [0.2, 0.25) is 0 Å². The van der Waals surface area contributed by atoms with Gasteiger partial charge in [-0.25, -0.2) is 4.68 Å². The number of benzene rings is 2. The Morgan fingerprint density at radius 2 is 1.64 bits per heavy atom. The molecule has 1 N–H and O–H groups in total. The number of nitrogens with zero attached hydrogens (tertiary/aromatic N) is 3. The first-order valence-corrected chi connectivity index (χ1v) is 9.56. The zero-order valence-electron chi connectivity index (χ0n) is 17.0. The van der Waals surface area contributed by atoms with Crippen molar-refractivity contribution >= 4 is 5.91 Å². The Bertz CT molecular complexity index is 917. The Balaban J connectivity index is 1.69. The van der Waals surface area contributed by atoms with E-state index in [0.29, 0.717) is 13.0 Å². The van der Waals surface area contributed by atoms with E-state index in [2.05, 4.69) is 27.4 Å². The van der Waals surface area contributed by atoms with E-state index >= 15 is 0 Å². The number of nitrogens with one attached hydrogen (secondary N) is 1. The molecule has 28 heavy (non-hydrogen) atoms. The highest BCUT2D eigenvalue weighted by atomic mass is 16.1. The van der Waals surface area contributed by atoms with Gasteiger partial charge < -0.3 is 10.2 Å². The maximum absolute atomic E-state index is 12.7. The normalized spacial score (nSPS) is 12.2. The third kappa shape index (κ3) is 4.49. The van der Waals surface area contributed by atoms with E-state index in [-0.39, 0.29) is 11.9 Å². The van der Waals surface area contributed by atoms with Gasteiger partial charge in [0.1, 0.15) is 0 Å². The molecule has 146 valence electrons. The Morgan fingerprint density at radius 3 is 2.25 bits per heavy atom. The van der Waals surface area contributed by atoms with Gasteiger partial charge in [-0.15, -0.1) is 0 Å². The van der Waals surface area contributed by atoms with Crippen LogP contribution < -0.4 is 5.32 Å². The number of aryl methyl sites for hydroxylation is 1. The molecule has 2 aromatic carbocycles. The van der Waals surface area contributed by atoms with Crippen molar-refractivity contribution in [2.24, 2.45) is 0 Å². The fourth-order valence-electron chi connectivity index (χ4n) is 3.46. The molecule has 0 saturated heterocycles. The molecule has 5 nitrogen and oxygen atoms in total. The summed E-state index contributed by atoms with van der Waals surface area (Å²) in [5, 5.41) is 7.73. The predicted octanol–water partition coefficient (Wildman–Crippen LogP) is 3.45. The van der Waals surface area contributed by atoms with Gasteiger partial charge in [-0.2, -0.15) is 5.10 Å². The summed E-state index contributed by atoms with van der Waals surface area (Å²) in [6, 6.07) is 20.4. The minimum atomic E-state index is 0.0154. The van der Waals surface area contributed by atoms with Crippen LogP contribution in [0, 0.1) is 13.8 Å². The molecule has 1 atom stereocenters. The van der Waals surface area contributed by atoms with Gasteiger partial charge in [0.15, 0.2) is 0 Å². The van der Waals surface area contributed by atoms with Crippen LogP contribution in [0.3, 0.4) is 0 Å². The second kappa shape index (κ2) is 8.85. The van der Waals surface area contributed by atoms with Gasteiger partial charge in [-0.1, -0.05) is 48.5 Å². The topological polar surface area (TPSA) is 50.2 Å². The van der Waals surface area contributed by atoms with E-state index in [1.54, 1.807) is 0 Å². The molecule has 0 spiro atoms. The van der Waals surface area contributed by atoms with Crippen molar-refractivity contribution in [3.8, 4) is 5.69 Å². The Morgan fingerprint density at radius 1 is 1.04 bits per heavy atom. The number of aromatic nitrogens is 2. The van der Waals surface area contributed by atoms with E-state index in [9.17, 15) is 4.79 Å². The van der Waals surface area contributed by atoms with Crippen LogP contribution in [0.4, 0.5) is 0 Å². The van der Waals surface area contributed by atoms with Crippen LogP contribution in [0.15, 0.2) is 60.7 Å². The molecule has 0 bridgehead atoms. The average Bonchev–Trinajstić information content (AvgIpc) is 2.97. The van der Waals surface area contributed by atoms with E-state index in [4.69, 9.17) is 0 Å². The highest BCUT2D eigenvalue weighted by Crippen LogP contribution is 2.19. The fourth-order valence-corrected chi connectivity index (χ4v) is 3.46. The molecule has 0 aliphatic heterocycles. The van der Waals surface area contributed by atoms with E-state index in [0.717, 1.165) is 22.6 Å². The SMILES string of the molecule is Cc1nn(-c2ccccc2)c(C)c1CC(=O)NCC(c1ccccc1)N(C)C. The van der Waals surface area contributed by atoms with E-state index < -0.39 is 0 Å². The lowest BCUT2D eigenvalue weighted by Crippen LogP contribution is -2.35. The molecule has 0 aliphatic rings. The van der Waals surface area contributed by atoms with Gasteiger partial charge in [-0.05, 0) is 45.6 Å². The number of hydrogen-bond acceptors (Lipinski definition) is 3. The number of carbonyl (C=O) groups excluding carboxylic acids is 1. The van der Waals surface area contributed by atoms with Crippen LogP contribution in [0.25, 0.3) is 5.69 Å². The molecule has 1 unspecified atom stereocenters. The lowest BCUT2D eigenvalue weighted by Gasteiger charge is -2.25. The highest BCUT2D eigenvalue weighted by Gasteiger charge is 2.18. The number of rotatable bonds is 7.